The summed E-state index contributed by atoms with van der Waals surface area (Å²) in [7, 11) is 0. The lowest BCUT2D eigenvalue weighted by Gasteiger charge is -1.99. The number of hydrogen-bond acceptors (Lipinski definition) is 3. The van der Waals surface area contributed by atoms with Gasteiger partial charge in [-0.15, -0.1) is 0 Å². The number of carboxylic acid groups (broad SMARTS) is 1. The van der Waals surface area contributed by atoms with E-state index in [2.05, 4.69) is 5.11 Å². The van der Waals surface area contributed by atoms with Crippen molar-refractivity contribution in [1.82, 2.24) is 0 Å². The lowest BCUT2D eigenvalue weighted by atomic mass is 10.1. The first-order chi connectivity index (χ1) is 6.72. The van der Waals surface area contributed by atoms with E-state index in [9.17, 15) is 4.79 Å². The zero-order valence-corrected chi connectivity index (χ0v) is 7.73. The molecule has 1 rings (SSSR count). The number of rotatable bonds is 5. The maximum absolute atomic E-state index is 10.3. The van der Waals surface area contributed by atoms with E-state index >= 15 is 0 Å². The zero-order valence-electron chi connectivity index (χ0n) is 7.73. The SMILES string of the molecule is N=Nc1ccc(CCCC(=O)O)cc1. The standard InChI is InChI=1S/C10H12N2O2/c11-12-9-6-4-8(5-7-9)2-1-3-10(13)14/h4-7,11H,1-3H2,(H,13,14). The molecule has 0 heterocycles. The minimum absolute atomic E-state index is 0.199. The van der Waals surface area contributed by atoms with Gasteiger partial charge in [0.15, 0.2) is 0 Å². The number of nitrogens with zero attached hydrogens (tertiary/aromatic N) is 1. The van der Waals surface area contributed by atoms with Crippen molar-refractivity contribution < 1.29 is 9.90 Å². The van der Waals surface area contributed by atoms with Crippen LogP contribution >= 0.6 is 0 Å². The van der Waals surface area contributed by atoms with Crippen molar-refractivity contribution >= 4 is 11.7 Å². The van der Waals surface area contributed by atoms with Crippen LogP contribution in [-0.4, -0.2) is 11.1 Å². The summed E-state index contributed by atoms with van der Waals surface area (Å²) in [4.78, 5) is 10.3. The normalized spacial score (nSPS) is 9.71. The Morgan fingerprint density at radius 1 is 1.36 bits per heavy atom. The van der Waals surface area contributed by atoms with E-state index < -0.39 is 5.97 Å². The molecule has 2 N–H and O–H groups in total. The second-order valence-electron chi connectivity index (χ2n) is 3.03. The van der Waals surface area contributed by atoms with E-state index in [0.29, 0.717) is 12.1 Å². The van der Waals surface area contributed by atoms with Crippen molar-refractivity contribution in [3.8, 4) is 0 Å². The fraction of sp³-hybridized carbons (Fsp3) is 0.300. The highest BCUT2D eigenvalue weighted by molar-refractivity contribution is 5.66. The van der Waals surface area contributed by atoms with Crippen LogP contribution in [-0.2, 0) is 11.2 Å². The molecule has 1 aromatic carbocycles. The first kappa shape index (κ1) is 10.4. The third-order valence-corrected chi connectivity index (χ3v) is 1.92. The van der Waals surface area contributed by atoms with E-state index in [4.69, 9.17) is 10.6 Å². The predicted octanol–water partition coefficient (Wildman–Crippen LogP) is 2.76. The Hall–Kier alpha value is -1.71. The lowest BCUT2D eigenvalue weighted by molar-refractivity contribution is -0.137. The molecule has 0 saturated carbocycles. The molecule has 0 aromatic heterocycles. The van der Waals surface area contributed by atoms with Crippen molar-refractivity contribution in [2.75, 3.05) is 0 Å². The van der Waals surface area contributed by atoms with Crippen molar-refractivity contribution in [3.63, 3.8) is 0 Å². The van der Waals surface area contributed by atoms with Crippen LogP contribution < -0.4 is 0 Å². The summed E-state index contributed by atoms with van der Waals surface area (Å²) < 4.78 is 0. The van der Waals surface area contributed by atoms with Crippen LogP contribution in [0.1, 0.15) is 18.4 Å². The highest BCUT2D eigenvalue weighted by Gasteiger charge is 1.98. The second-order valence-corrected chi connectivity index (χ2v) is 3.03. The predicted molar refractivity (Wildman–Crippen MR) is 51.8 cm³/mol. The molecular weight excluding hydrogens is 180 g/mol. The van der Waals surface area contributed by atoms with Gasteiger partial charge in [0, 0.05) is 6.42 Å². The molecule has 14 heavy (non-hydrogen) atoms. The highest BCUT2D eigenvalue weighted by Crippen LogP contribution is 2.13. The zero-order chi connectivity index (χ0) is 10.4. The van der Waals surface area contributed by atoms with Gasteiger partial charge in [-0.05, 0) is 30.5 Å². The Bertz CT molecular complexity index is 319. The van der Waals surface area contributed by atoms with Gasteiger partial charge in [0.25, 0.3) is 0 Å². The summed E-state index contributed by atoms with van der Waals surface area (Å²) in [5, 5.41) is 11.7. The van der Waals surface area contributed by atoms with Gasteiger partial charge in [-0.1, -0.05) is 12.1 Å². The van der Waals surface area contributed by atoms with Crippen LogP contribution in [0.3, 0.4) is 0 Å². The smallest absolute Gasteiger partial charge is 0.303 e. The number of hydrogen-bond donors (Lipinski definition) is 2. The lowest BCUT2D eigenvalue weighted by Crippen LogP contribution is -1.95. The van der Waals surface area contributed by atoms with Crippen LogP contribution in [0.25, 0.3) is 0 Å². The van der Waals surface area contributed by atoms with Crippen molar-refractivity contribution in [1.29, 1.82) is 5.53 Å². The molecule has 0 unspecified atom stereocenters. The third-order valence-electron chi connectivity index (χ3n) is 1.92. The molecular formula is C10H12N2O2. The Labute approximate surface area is 82.1 Å². The summed E-state index contributed by atoms with van der Waals surface area (Å²) in [5.41, 5.74) is 8.46. The fourth-order valence-corrected chi connectivity index (χ4v) is 1.18. The van der Waals surface area contributed by atoms with Gasteiger partial charge in [0.2, 0.25) is 0 Å². The van der Waals surface area contributed by atoms with Gasteiger partial charge in [-0.2, -0.15) is 5.11 Å². The minimum atomic E-state index is -0.761. The summed E-state index contributed by atoms with van der Waals surface area (Å²) in [6.45, 7) is 0. The number of carbonyl (C=O) groups is 1. The number of aliphatic carboxylic acids is 1. The van der Waals surface area contributed by atoms with E-state index in [1.54, 1.807) is 12.1 Å². The molecule has 0 saturated heterocycles. The molecule has 0 aliphatic heterocycles. The van der Waals surface area contributed by atoms with Crippen LogP contribution in [0.5, 0.6) is 0 Å². The quantitative estimate of drug-likeness (QED) is 0.704. The van der Waals surface area contributed by atoms with E-state index in [1.165, 1.54) is 0 Å². The number of benzene rings is 1. The van der Waals surface area contributed by atoms with Gasteiger partial charge in [-0.25, -0.2) is 5.53 Å². The maximum Gasteiger partial charge on any atom is 0.303 e. The van der Waals surface area contributed by atoms with Crippen LogP contribution in [0.4, 0.5) is 5.69 Å². The average molecular weight is 192 g/mol. The topological polar surface area (TPSA) is 73.5 Å². The van der Waals surface area contributed by atoms with Gasteiger partial charge in [0.1, 0.15) is 0 Å². The summed E-state index contributed by atoms with van der Waals surface area (Å²) in [5.74, 6) is -0.761. The van der Waals surface area contributed by atoms with Crippen LogP contribution in [0, 0.1) is 5.53 Å². The van der Waals surface area contributed by atoms with Gasteiger partial charge < -0.3 is 5.11 Å². The largest absolute Gasteiger partial charge is 0.481 e. The molecule has 4 heteroatoms. The molecule has 0 aliphatic carbocycles. The van der Waals surface area contributed by atoms with Crippen molar-refractivity contribution in [3.05, 3.63) is 29.8 Å². The monoisotopic (exact) mass is 192 g/mol. The Morgan fingerprint density at radius 2 is 2.00 bits per heavy atom. The van der Waals surface area contributed by atoms with Crippen molar-refractivity contribution in [2.24, 2.45) is 5.11 Å². The first-order valence-electron chi connectivity index (χ1n) is 4.40. The Balaban J connectivity index is 2.43. The van der Waals surface area contributed by atoms with Crippen LogP contribution in [0.2, 0.25) is 0 Å². The van der Waals surface area contributed by atoms with E-state index in [1.807, 2.05) is 12.1 Å². The number of nitrogens with one attached hydrogen (secondary N) is 1. The molecule has 0 radical (unpaired) electrons. The van der Waals surface area contributed by atoms with Gasteiger partial charge in [-0.3, -0.25) is 4.79 Å². The summed E-state index contributed by atoms with van der Waals surface area (Å²) in [6, 6.07) is 7.25. The molecule has 0 atom stereocenters. The molecule has 74 valence electrons. The molecule has 0 aliphatic rings. The first-order valence-corrected chi connectivity index (χ1v) is 4.40. The minimum Gasteiger partial charge on any atom is -0.481 e. The second kappa shape index (κ2) is 5.11. The Morgan fingerprint density at radius 3 is 2.50 bits per heavy atom. The molecule has 0 amide bonds. The number of carboxylic acids is 1. The van der Waals surface area contributed by atoms with Crippen LogP contribution in [0.15, 0.2) is 29.4 Å². The molecule has 0 spiro atoms. The summed E-state index contributed by atoms with van der Waals surface area (Å²) in [6.07, 6.45) is 1.60. The molecule has 4 nitrogen and oxygen atoms in total. The number of aryl methyl sites for hydroxylation is 1. The summed E-state index contributed by atoms with van der Waals surface area (Å²) >= 11 is 0. The van der Waals surface area contributed by atoms with Crippen molar-refractivity contribution in [2.45, 2.75) is 19.3 Å². The Kier molecular flexibility index (Phi) is 3.79. The molecule has 1 aromatic rings. The van der Waals surface area contributed by atoms with Gasteiger partial charge in [0.05, 0.1) is 5.69 Å². The van der Waals surface area contributed by atoms with E-state index in [0.717, 1.165) is 12.0 Å². The molecule has 0 fully saturated rings. The maximum atomic E-state index is 10.3. The third kappa shape index (κ3) is 3.35. The highest BCUT2D eigenvalue weighted by atomic mass is 16.4. The molecule has 0 bridgehead atoms. The fourth-order valence-electron chi connectivity index (χ4n) is 1.18. The van der Waals surface area contributed by atoms with E-state index in [-0.39, 0.29) is 6.42 Å². The van der Waals surface area contributed by atoms with Gasteiger partial charge >= 0.3 is 5.97 Å². The average Bonchev–Trinajstić information content (AvgIpc) is 2.18.